The van der Waals surface area contributed by atoms with Crippen molar-refractivity contribution in [1.82, 2.24) is 0 Å². The molecule has 0 fully saturated rings. The van der Waals surface area contributed by atoms with E-state index in [0.29, 0.717) is 11.5 Å². The molecule has 0 bridgehead atoms. The molecule has 7 heteroatoms. The Balaban J connectivity index is 2.44. The molecular formula is C14H13BrN2O4. The van der Waals surface area contributed by atoms with E-state index in [9.17, 15) is 10.1 Å². The van der Waals surface area contributed by atoms with E-state index in [4.69, 9.17) is 15.2 Å². The fourth-order valence-electron chi connectivity index (χ4n) is 1.76. The molecule has 0 amide bonds. The van der Waals surface area contributed by atoms with Gasteiger partial charge in [0.1, 0.15) is 11.5 Å². The van der Waals surface area contributed by atoms with E-state index < -0.39 is 4.92 Å². The third kappa shape index (κ3) is 3.50. The summed E-state index contributed by atoms with van der Waals surface area (Å²) in [5.41, 5.74) is 6.23. The van der Waals surface area contributed by atoms with Gasteiger partial charge in [-0.3, -0.25) is 10.1 Å². The molecule has 0 spiro atoms. The number of hydrogen-bond acceptors (Lipinski definition) is 5. The molecule has 21 heavy (non-hydrogen) atoms. The molecule has 0 radical (unpaired) electrons. The number of halogens is 1. The van der Waals surface area contributed by atoms with Gasteiger partial charge in [0.25, 0.3) is 0 Å². The first-order chi connectivity index (χ1) is 10.0. The second kappa shape index (κ2) is 6.55. The molecule has 0 unspecified atom stereocenters. The fourth-order valence-corrected chi connectivity index (χ4v) is 2.10. The van der Waals surface area contributed by atoms with Crippen molar-refractivity contribution in [1.29, 1.82) is 0 Å². The fraction of sp³-hybridized carbons (Fsp3) is 0.143. The lowest BCUT2D eigenvalue weighted by Crippen LogP contribution is -2.01. The van der Waals surface area contributed by atoms with Crippen LogP contribution in [-0.2, 0) is 6.54 Å². The van der Waals surface area contributed by atoms with Crippen LogP contribution >= 0.6 is 15.9 Å². The summed E-state index contributed by atoms with van der Waals surface area (Å²) in [6, 6.07) is 9.76. The predicted octanol–water partition coefficient (Wildman–Crippen LogP) is 3.62. The SMILES string of the molecule is COc1ccc(Oc2cc(Br)ccc2CN)c([N+](=O)[O-])c1. The number of hydrogen-bond donors (Lipinski definition) is 1. The van der Waals surface area contributed by atoms with Crippen LogP contribution in [0.4, 0.5) is 5.69 Å². The highest BCUT2D eigenvalue weighted by Gasteiger charge is 2.18. The second-order valence-corrected chi connectivity index (χ2v) is 5.06. The maximum absolute atomic E-state index is 11.1. The van der Waals surface area contributed by atoms with E-state index in [2.05, 4.69) is 15.9 Å². The third-order valence-corrected chi connectivity index (χ3v) is 3.33. The topological polar surface area (TPSA) is 87.6 Å². The van der Waals surface area contributed by atoms with E-state index in [1.165, 1.54) is 19.2 Å². The zero-order chi connectivity index (χ0) is 15.4. The molecule has 110 valence electrons. The molecule has 0 aliphatic rings. The number of nitro benzene ring substituents is 1. The molecule has 0 saturated carbocycles. The van der Waals surface area contributed by atoms with Crippen molar-refractivity contribution in [2.45, 2.75) is 6.54 Å². The average molecular weight is 353 g/mol. The van der Waals surface area contributed by atoms with Gasteiger partial charge in [0.05, 0.1) is 18.1 Å². The minimum Gasteiger partial charge on any atom is -0.496 e. The first-order valence-corrected chi connectivity index (χ1v) is 6.83. The van der Waals surface area contributed by atoms with Crippen LogP contribution < -0.4 is 15.2 Å². The van der Waals surface area contributed by atoms with Crippen molar-refractivity contribution in [3.8, 4) is 17.2 Å². The van der Waals surface area contributed by atoms with Crippen LogP contribution in [0.5, 0.6) is 17.2 Å². The van der Waals surface area contributed by atoms with Gasteiger partial charge < -0.3 is 15.2 Å². The van der Waals surface area contributed by atoms with E-state index >= 15 is 0 Å². The lowest BCUT2D eigenvalue weighted by molar-refractivity contribution is -0.385. The van der Waals surface area contributed by atoms with Crippen molar-refractivity contribution in [2.24, 2.45) is 5.73 Å². The van der Waals surface area contributed by atoms with Crippen LogP contribution in [0.3, 0.4) is 0 Å². The molecule has 0 aliphatic heterocycles. The van der Waals surface area contributed by atoms with Crippen molar-refractivity contribution in [3.05, 3.63) is 56.5 Å². The summed E-state index contributed by atoms with van der Waals surface area (Å²) < 4.78 is 11.4. The van der Waals surface area contributed by atoms with Crippen molar-refractivity contribution >= 4 is 21.6 Å². The van der Waals surface area contributed by atoms with Gasteiger partial charge in [-0.25, -0.2) is 0 Å². The van der Waals surface area contributed by atoms with Crippen LogP contribution in [0.15, 0.2) is 40.9 Å². The molecule has 0 saturated heterocycles. The van der Waals surface area contributed by atoms with Crippen LogP contribution in [0.1, 0.15) is 5.56 Å². The maximum atomic E-state index is 11.1. The van der Waals surface area contributed by atoms with E-state index in [1.54, 1.807) is 18.2 Å². The zero-order valence-corrected chi connectivity index (χ0v) is 12.8. The van der Waals surface area contributed by atoms with Crippen LogP contribution in [0.2, 0.25) is 0 Å². The molecule has 2 N–H and O–H groups in total. The van der Waals surface area contributed by atoms with Crippen molar-refractivity contribution in [2.75, 3.05) is 7.11 Å². The Kier molecular flexibility index (Phi) is 4.77. The molecule has 2 rings (SSSR count). The van der Waals surface area contributed by atoms with Gasteiger partial charge in [0.2, 0.25) is 5.75 Å². The Bertz CT molecular complexity index is 676. The molecule has 0 heterocycles. The lowest BCUT2D eigenvalue weighted by atomic mass is 10.2. The Labute approximate surface area is 129 Å². The van der Waals surface area contributed by atoms with Gasteiger partial charge in [0.15, 0.2) is 0 Å². The smallest absolute Gasteiger partial charge is 0.315 e. The van der Waals surface area contributed by atoms with Crippen LogP contribution in [0.25, 0.3) is 0 Å². The average Bonchev–Trinajstić information content (AvgIpc) is 2.47. The van der Waals surface area contributed by atoms with Crippen LogP contribution in [0, 0.1) is 10.1 Å². The predicted molar refractivity (Wildman–Crippen MR) is 81.8 cm³/mol. The van der Waals surface area contributed by atoms with Gasteiger partial charge in [-0.15, -0.1) is 0 Å². The summed E-state index contributed by atoms with van der Waals surface area (Å²) in [6.07, 6.45) is 0. The first-order valence-electron chi connectivity index (χ1n) is 6.04. The Hall–Kier alpha value is -2.12. The Morgan fingerprint density at radius 1 is 1.24 bits per heavy atom. The molecule has 2 aromatic rings. The number of benzene rings is 2. The number of nitrogens with zero attached hydrogens (tertiary/aromatic N) is 1. The van der Waals surface area contributed by atoms with Crippen molar-refractivity contribution in [3.63, 3.8) is 0 Å². The number of nitrogens with two attached hydrogens (primary N) is 1. The summed E-state index contributed by atoms with van der Waals surface area (Å²) in [6.45, 7) is 0.270. The molecule has 0 aromatic heterocycles. The molecule has 2 aromatic carbocycles. The van der Waals surface area contributed by atoms with E-state index in [-0.39, 0.29) is 18.0 Å². The third-order valence-electron chi connectivity index (χ3n) is 2.83. The van der Waals surface area contributed by atoms with Gasteiger partial charge in [-0.1, -0.05) is 22.0 Å². The lowest BCUT2D eigenvalue weighted by Gasteiger charge is -2.11. The van der Waals surface area contributed by atoms with Gasteiger partial charge in [-0.05, 0) is 24.3 Å². The largest absolute Gasteiger partial charge is 0.496 e. The number of nitro groups is 1. The van der Waals surface area contributed by atoms with Crippen molar-refractivity contribution < 1.29 is 14.4 Å². The first kappa shape index (κ1) is 15.3. The van der Waals surface area contributed by atoms with Crippen LogP contribution in [-0.4, -0.2) is 12.0 Å². The van der Waals surface area contributed by atoms with Gasteiger partial charge in [-0.2, -0.15) is 0 Å². The Morgan fingerprint density at radius 2 is 2.00 bits per heavy atom. The molecule has 6 nitrogen and oxygen atoms in total. The highest BCUT2D eigenvalue weighted by molar-refractivity contribution is 9.10. The highest BCUT2D eigenvalue weighted by atomic mass is 79.9. The molecule has 0 atom stereocenters. The Morgan fingerprint density at radius 3 is 2.62 bits per heavy atom. The van der Waals surface area contributed by atoms with Gasteiger partial charge in [0, 0.05) is 16.6 Å². The summed E-state index contributed by atoms with van der Waals surface area (Å²) in [7, 11) is 1.44. The quantitative estimate of drug-likeness (QED) is 0.655. The summed E-state index contributed by atoms with van der Waals surface area (Å²) >= 11 is 3.33. The normalized spacial score (nSPS) is 10.2. The zero-order valence-electron chi connectivity index (χ0n) is 11.2. The minimum absolute atomic E-state index is 0.133. The van der Waals surface area contributed by atoms with E-state index in [1.807, 2.05) is 6.07 Å². The summed E-state index contributed by atoms with van der Waals surface area (Å²) in [4.78, 5) is 10.6. The minimum atomic E-state index is -0.516. The molecular weight excluding hydrogens is 340 g/mol. The summed E-state index contributed by atoms with van der Waals surface area (Å²) in [5, 5.41) is 11.1. The number of rotatable bonds is 5. The van der Waals surface area contributed by atoms with Gasteiger partial charge >= 0.3 is 5.69 Å². The summed E-state index contributed by atoms with van der Waals surface area (Å²) in [5.74, 6) is 0.996. The number of ether oxygens (including phenoxy) is 2. The maximum Gasteiger partial charge on any atom is 0.315 e. The standard InChI is InChI=1S/C14H13BrN2O4/c1-20-11-4-5-13(12(7-11)17(18)19)21-14-6-10(15)3-2-9(14)8-16/h2-7H,8,16H2,1H3. The molecule has 0 aliphatic carbocycles. The highest BCUT2D eigenvalue weighted by Crippen LogP contribution is 2.36. The monoisotopic (exact) mass is 352 g/mol. The second-order valence-electron chi connectivity index (χ2n) is 4.15. The van der Waals surface area contributed by atoms with E-state index in [0.717, 1.165) is 10.0 Å². The number of methoxy groups -OCH3 is 1.